The quantitative estimate of drug-likeness (QED) is 0.234. The molecule has 0 amide bonds. The fourth-order valence-corrected chi connectivity index (χ4v) is 2.12. The number of carbonyl (C=O) groups excluding carboxylic acids is 3. The van der Waals surface area contributed by atoms with E-state index in [1.54, 1.807) is 25.1 Å². The summed E-state index contributed by atoms with van der Waals surface area (Å²) in [6.07, 6.45) is 0.849. The highest BCUT2D eigenvalue weighted by molar-refractivity contribution is 6.16. The predicted molar refractivity (Wildman–Crippen MR) is 94.3 cm³/mol. The Kier molecular flexibility index (Phi) is 8.26. The van der Waals surface area contributed by atoms with Crippen LogP contribution in [0.1, 0.15) is 12.5 Å². The SMILES string of the molecule is CCOC(=O)/C(C#N)=C(\C(=C/C(=O)OC)C(=O)OC)c1ccc(OC)cc1. The van der Waals surface area contributed by atoms with Gasteiger partial charge in [-0.1, -0.05) is 12.1 Å². The Hall–Kier alpha value is -3.60. The number of hydrogen-bond donors (Lipinski definition) is 0. The van der Waals surface area contributed by atoms with Crippen molar-refractivity contribution in [1.29, 1.82) is 5.26 Å². The Morgan fingerprint density at radius 2 is 1.67 bits per heavy atom. The van der Waals surface area contributed by atoms with E-state index in [0.29, 0.717) is 11.3 Å². The van der Waals surface area contributed by atoms with Crippen molar-refractivity contribution in [1.82, 2.24) is 0 Å². The van der Waals surface area contributed by atoms with Crippen LogP contribution < -0.4 is 4.74 Å². The Balaban J connectivity index is 3.81. The number of nitriles is 1. The molecule has 27 heavy (non-hydrogen) atoms. The Bertz CT molecular complexity index is 813. The second kappa shape index (κ2) is 10.4. The van der Waals surface area contributed by atoms with Gasteiger partial charge in [0.2, 0.25) is 0 Å². The molecule has 0 saturated carbocycles. The van der Waals surface area contributed by atoms with E-state index >= 15 is 0 Å². The van der Waals surface area contributed by atoms with Gasteiger partial charge in [-0.2, -0.15) is 5.26 Å². The highest BCUT2D eigenvalue weighted by Crippen LogP contribution is 2.30. The van der Waals surface area contributed by atoms with Gasteiger partial charge in [0.1, 0.15) is 17.4 Å². The average Bonchev–Trinajstić information content (AvgIpc) is 2.69. The van der Waals surface area contributed by atoms with Crippen molar-refractivity contribution in [2.75, 3.05) is 27.9 Å². The molecule has 0 heterocycles. The molecule has 1 aromatic rings. The van der Waals surface area contributed by atoms with Crippen LogP contribution in [0.2, 0.25) is 0 Å². The van der Waals surface area contributed by atoms with Gasteiger partial charge in [-0.25, -0.2) is 14.4 Å². The zero-order valence-electron chi connectivity index (χ0n) is 15.4. The number of esters is 3. The second-order valence-electron chi connectivity index (χ2n) is 4.88. The van der Waals surface area contributed by atoms with E-state index < -0.39 is 23.5 Å². The molecule has 0 radical (unpaired) electrons. The third-order valence-electron chi connectivity index (χ3n) is 3.36. The maximum atomic E-state index is 12.3. The molecule has 0 atom stereocenters. The van der Waals surface area contributed by atoms with Crippen LogP contribution in [0.15, 0.2) is 41.5 Å². The van der Waals surface area contributed by atoms with Crippen LogP contribution in [0.3, 0.4) is 0 Å². The Morgan fingerprint density at radius 1 is 1.04 bits per heavy atom. The number of methoxy groups -OCH3 is 3. The second-order valence-corrected chi connectivity index (χ2v) is 4.88. The lowest BCUT2D eigenvalue weighted by atomic mass is 9.92. The van der Waals surface area contributed by atoms with Gasteiger partial charge in [0.05, 0.1) is 33.5 Å². The van der Waals surface area contributed by atoms with E-state index in [1.807, 2.05) is 0 Å². The fraction of sp³-hybridized carbons (Fsp3) is 0.263. The van der Waals surface area contributed by atoms with Gasteiger partial charge in [-0.3, -0.25) is 0 Å². The van der Waals surface area contributed by atoms with Crippen molar-refractivity contribution in [2.45, 2.75) is 6.92 Å². The van der Waals surface area contributed by atoms with Gasteiger partial charge < -0.3 is 18.9 Å². The molecule has 0 N–H and O–H groups in total. The van der Waals surface area contributed by atoms with Crippen molar-refractivity contribution < 1.29 is 33.3 Å². The third-order valence-corrected chi connectivity index (χ3v) is 3.36. The zero-order valence-corrected chi connectivity index (χ0v) is 15.4. The summed E-state index contributed by atoms with van der Waals surface area (Å²) in [7, 11) is 3.71. The maximum absolute atomic E-state index is 12.3. The summed E-state index contributed by atoms with van der Waals surface area (Å²) >= 11 is 0. The van der Waals surface area contributed by atoms with Crippen LogP contribution in [0.25, 0.3) is 5.57 Å². The number of carbonyl (C=O) groups is 3. The highest BCUT2D eigenvalue weighted by atomic mass is 16.5. The normalized spacial score (nSPS) is 11.6. The molecule has 0 unspecified atom stereocenters. The lowest BCUT2D eigenvalue weighted by Gasteiger charge is -2.13. The minimum atomic E-state index is -0.939. The van der Waals surface area contributed by atoms with Crippen LogP contribution in [-0.4, -0.2) is 45.8 Å². The van der Waals surface area contributed by atoms with Gasteiger partial charge in [0.15, 0.2) is 0 Å². The van der Waals surface area contributed by atoms with Crippen molar-refractivity contribution in [3.8, 4) is 11.8 Å². The molecule has 0 saturated heterocycles. The van der Waals surface area contributed by atoms with Gasteiger partial charge in [0, 0.05) is 11.6 Å². The summed E-state index contributed by atoms with van der Waals surface area (Å²) in [6.45, 7) is 1.60. The first-order valence-electron chi connectivity index (χ1n) is 7.77. The van der Waals surface area contributed by atoms with Crippen LogP contribution >= 0.6 is 0 Å². The largest absolute Gasteiger partial charge is 0.497 e. The van der Waals surface area contributed by atoms with Gasteiger partial charge in [0.25, 0.3) is 0 Å². The van der Waals surface area contributed by atoms with E-state index in [-0.39, 0.29) is 17.8 Å². The van der Waals surface area contributed by atoms with Gasteiger partial charge in [-0.15, -0.1) is 0 Å². The maximum Gasteiger partial charge on any atom is 0.349 e. The topological polar surface area (TPSA) is 112 Å². The Morgan fingerprint density at radius 3 is 2.11 bits per heavy atom. The molecular formula is C19H19NO7. The molecule has 0 aliphatic carbocycles. The van der Waals surface area contributed by atoms with Crippen LogP contribution in [0.5, 0.6) is 5.75 Å². The van der Waals surface area contributed by atoms with E-state index in [9.17, 15) is 19.6 Å². The molecule has 8 nitrogen and oxygen atoms in total. The van der Waals surface area contributed by atoms with E-state index in [4.69, 9.17) is 14.2 Å². The number of rotatable bonds is 7. The molecular weight excluding hydrogens is 354 g/mol. The summed E-state index contributed by atoms with van der Waals surface area (Å²) in [5.74, 6) is -2.21. The van der Waals surface area contributed by atoms with E-state index in [0.717, 1.165) is 20.3 Å². The summed E-state index contributed by atoms with van der Waals surface area (Å²) in [6, 6.07) is 7.93. The van der Waals surface area contributed by atoms with Gasteiger partial charge in [-0.05, 0) is 24.6 Å². The molecule has 0 aromatic heterocycles. The Labute approximate surface area is 156 Å². The van der Waals surface area contributed by atoms with Gasteiger partial charge >= 0.3 is 17.9 Å². The molecule has 0 aliphatic heterocycles. The number of ether oxygens (including phenoxy) is 4. The first-order valence-corrected chi connectivity index (χ1v) is 7.77. The molecule has 0 bridgehead atoms. The zero-order chi connectivity index (χ0) is 20.4. The van der Waals surface area contributed by atoms with Crippen molar-refractivity contribution >= 4 is 23.5 Å². The molecule has 1 aromatic carbocycles. The average molecular weight is 373 g/mol. The van der Waals surface area contributed by atoms with Crippen molar-refractivity contribution in [3.63, 3.8) is 0 Å². The monoisotopic (exact) mass is 373 g/mol. The van der Waals surface area contributed by atoms with Crippen LogP contribution in [0.4, 0.5) is 0 Å². The minimum absolute atomic E-state index is 0.0220. The number of nitrogens with zero attached hydrogens (tertiary/aromatic N) is 1. The van der Waals surface area contributed by atoms with Crippen LogP contribution in [-0.2, 0) is 28.6 Å². The number of benzene rings is 1. The van der Waals surface area contributed by atoms with E-state index in [1.165, 1.54) is 19.2 Å². The molecule has 142 valence electrons. The summed E-state index contributed by atoms with van der Waals surface area (Å²) in [4.78, 5) is 36.3. The first kappa shape index (κ1) is 21.4. The smallest absolute Gasteiger partial charge is 0.349 e. The van der Waals surface area contributed by atoms with Crippen molar-refractivity contribution in [3.05, 3.63) is 47.1 Å². The molecule has 8 heteroatoms. The summed E-state index contributed by atoms with van der Waals surface area (Å²) < 4.78 is 19.2. The van der Waals surface area contributed by atoms with Crippen LogP contribution in [0, 0.1) is 11.3 Å². The summed E-state index contributed by atoms with van der Waals surface area (Å²) in [5.41, 5.74) is -0.585. The first-order chi connectivity index (χ1) is 12.9. The third kappa shape index (κ3) is 5.44. The minimum Gasteiger partial charge on any atom is -0.497 e. The molecule has 1 rings (SSSR count). The summed E-state index contributed by atoms with van der Waals surface area (Å²) in [5, 5.41) is 9.52. The highest BCUT2D eigenvalue weighted by Gasteiger charge is 2.27. The molecule has 0 fully saturated rings. The molecule has 0 spiro atoms. The van der Waals surface area contributed by atoms with E-state index in [2.05, 4.69) is 4.74 Å². The standard InChI is InChI=1S/C19H19NO7/c1-5-27-19(23)15(11-20)17(12-6-8-13(24-2)9-7-12)14(18(22)26-4)10-16(21)25-3/h6-10H,5H2,1-4H3/b14-10+,17-15-. The van der Waals surface area contributed by atoms with Crippen molar-refractivity contribution in [2.24, 2.45) is 0 Å². The predicted octanol–water partition coefficient (Wildman–Crippen LogP) is 1.81. The number of hydrogen-bond acceptors (Lipinski definition) is 8. The fourth-order valence-electron chi connectivity index (χ4n) is 2.12. The lowest BCUT2D eigenvalue weighted by molar-refractivity contribution is -0.138. The molecule has 0 aliphatic rings. The lowest BCUT2D eigenvalue weighted by Crippen LogP contribution is -2.15.